The van der Waals surface area contributed by atoms with Crippen LogP contribution >= 0.6 is 11.6 Å². The molecule has 1 amide bonds. The van der Waals surface area contributed by atoms with Gasteiger partial charge in [0.15, 0.2) is 0 Å². The number of rotatable bonds is 6. The Balaban J connectivity index is 1.39. The van der Waals surface area contributed by atoms with Gasteiger partial charge >= 0.3 is 5.97 Å². The van der Waals surface area contributed by atoms with Gasteiger partial charge in [-0.15, -0.1) is 0 Å². The number of likely N-dealkylation sites (N-methyl/N-ethyl adjacent to an activating group) is 1. The van der Waals surface area contributed by atoms with Crippen LogP contribution in [0.2, 0.25) is 5.02 Å². The molecule has 3 aliphatic carbocycles. The highest BCUT2D eigenvalue weighted by Gasteiger charge is 2.38. The predicted octanol–water partition coefficient (Wildman–Crippen LogP) is 3.91. The van der Waals surface area contributed by atoms with Crippen molar-refractivity contribution >= 4 is 35.0 Å². The fourth-order valence-electron chi connectivity index (χ4n) is 6.14. The zero-order valence-corrected chi connectivity index (χ0v) is 22.3. The fourth-order valence-corrected chi connectivity index (χ4v) is 6.41. The van der Waals surface area contributed by atoms with Crippen LogP contribution in [0.5, 0.6) is 0 Å². The number of nitrogens with one attached hydrogen (secondary N) is 1. The Morgan fingerprint density at radius 1 is 1.11 bits per heavy atom. The number of aromatic nitrogens is 2. The third-order valence-corrected chi connectivity index (χ3v) is 9.13. The number of benzene rings is 1. The molecule has 2 atom stereocenters. The standard InChI is InChI=1S/C29H33ClN4O4/c1-33(20-14-31-15-20)27(35)19-11-12-22-24(13-19)34(32-26(22)17-7-9-18(10-8-17)29(37)38)28(36)25-21(16-5-6-16)3-2-4-23(25)30/h2-4,7,16,18-20,31H,5-6,8-15H2,1H3,(H,37,38). The molecule has 1 aromatic heterocycles. The highest BCUT2D eigenvalue weighted by Crippen LogP contribution is 2.44. The molecule has 8 nitrogen and oxygen atoms in total. The minimum absolute atomic E-state index is 0.112. The molecule has 2 heterocycles. The van der Waals surface area contributed by atoms with Gasteiger partial charge in [-0.05, 0) is 68.1 Å². The van der Waals surface area contributed by atoms with E-state index >= 15 is 0 Å². The van der Waals surface area contributed by atoms with Crippen molar-refractivity contribution in [3.05, 3.63) is 57.4 Å². The molecular formula is C29H33ClN4O4. The minimum Gasteiger partial charge on any atom is -0.481 e. The summed E-state index contributed by atoms with van der Waals surface area (Å²) in [6, 6.07) is 5.84. The van der Waals surface area contributed by atoms with E-state index in [9.17, 15) is 19.5 Å². The summed E-state index contributed by atoms with van der Waals surface area (Å²) in [6.45, 7) is 1.62. The number of amides is 1. The van der Waals surface area contributed by atoms with Crippen molar-refractivity contribution in [2.45, 2.75) is 63.3 Å². The molecule has 2 unspecified atom stereocenters. The first-order chi connectivity index (χ1) is 18.3. The Morgan fingerprint density at radius 3 is 2.50 bits per heavy atom. The van der Waals surface area contributed by atoms with Gasteiger partial charge in [0.2, 0.25) is 5.91 Å². The SMILES string of the molecule is CN(C(=O)C1CCc2c(C3=CCC(C(=O)O)CC3)nn(C(=O)c3c(Cl)cccc3C3CC3)c2C1)C1CNC1. The molecule has 1 aliphatic heterocycles. The summed E-state index contributed by atoms with van der Waals surface area (Å²) < 4.78 is 1.51. The summed E-state index contributed by atoms with van der Waals surface area (Å²) in [5, 5.41) is 18.0. The van der Waals surface area contributed by atoms with Gasteiger partial charge in [-0.25, -0.2) is 0 Å². The van der Waals surface area contributed by atoms with Crippen molar-refractivity contribution < 1.29 is 19.5 Å². The summed E-state index contributed by atoms with van der Waals surface area (Å²) in [6.07, 6.45) is 7.47. The second-order valence-electron chi connectivity index (χ2n) is 11.2. The molecular weight excluding hydrogens is 504 g/mol. The molecule has 1 saturated carbocycles. The average molecular weight is 537 g/mol. The van der Waals surface area contributed by atoms with E-state index in [0.717, 1.165) is 54.0 Å². The molecule has 38 heavy (non-hydrogen) atoms. The Morgan fingerprint density at radius 2 is 1.87 bits per heavy atom. The van der Waals surface area contributed by atoms with Gasteiger partial charge in [0.1, 0.15) is 0 Å². The highest BCUT2D eigenvalue weighted by atomic mass is 35.5. The molecule has 9 heteroatoms. The summed E-state index contributed by atoms with van der Waals surface area (Å²) >= 11 is 6.61. The smallest absolute Gasteiger partial charge is 0.306 e. The van der Waals surface area contributed by atoms with E-state index in [0.29, 0.717) is 55.0 Å². The molecule has 200 valence electrons. The van der Waals surface area contributed by atoms with Crippen LogP contribution in [0.4, 0.5) is 0 Å². The average Bonchev–Trinajstić information content (AvgIpc) is 3.66. The number of nitrogens with zero attached hydrogens (tertiary/aromatic N) is 3. The van der Waals surface area contributed by atoms with Crippen molar-refractivity contribution in [3.63, 3.8) is 0 Å². The maximum atomic E-state index is 14.1. The lowest BCUT2D eigenvalue weighted by molar-refractivity contribution is -0.142. The normalized spacial score (nSPS) is 23.3. The monoisotopic (exact) mass is 536 g/mol. The molecule has 0 radical (unpaired) electrons. The first-order valence-electron chi connectivity index (χ1n) is 13.7. The number of allylic oxidation sites excluding steroid dienone is 2. The van der Waals surface area contributed by atoms with Crippen LogP contribution in [0.3, 0.4) is 0 Å². The zero-order valence-electron chi connectivity index (χ0n) is 21.6. The van der Waals surface area contributed by atoms with Crippen molar-refractivity contribution in [2.75, 3.05) is 20.1 Å². The Bertz CT molecular complexity index is 1340. The quantitative estimate of drug-likeness (QED) is 0.580. The lowest BCUT2D eigenvalue weighted by Gasteiger charge is -2.38. The van der Waals surface area contributed by atoms with Crippen LogP contribution in [-0.2, 0) is 22.4 Å². The number of aliphatic carboxylic acids is 1. The second-order valence-corrected chi connectivity index (χ2v) is 11.6. The van der Waals surface area contributed by atoms with Crippen LogP contribution in [0.1, 0.15) is 77.3 Å². The molecule has 2 N–H and O–H groups in total. The van der Waals surface area contributed by atoms with Gasteiger partial charge in [0.05, 0.1) is 33.9 Å². The number of carbonyl (C=O) groups excluding carboxylic acids is 2. The van der Waals surface area contributed by atoms with E-state index < -0.39 is 5.97 Å². The summed E-state index contributed by atoms with van der Waals surface area (Å²) in [4.78, 5) is 40.9. The highest BCUT2D eigenvalue weighted by molar-refractivity contribution is 6.34. The van der Waals surface area contributed by atoms with Gasteiger partial charge in [-0.1, -0.05) is 29.8 Å². The summed E-state index contributed by atoms with van der Waals surface area (Å²) in [5.41, 5.74) is 5.04. The van der Waals surface area contributed by atoms with E-state index in [-0.39, 0.29) is 29.7 Å². The maximum absolute atomic E-state index is 14.1. The Hall–Kier alpha value is -2.97. The number of halogens is 1. The van der Waals surface area contributed by atoms with E-state index in [1.807, 2.05) is 30.2 Å². The first kappa shape index (κ1) is 25.3. The van der Waals surface area contributed by atoms with Crippen LogP contribution in [0, 0.1) is 11.8 Å². The third kappa shape index (κ3) is 4.47. The molecule has 1 saturated heterocycles. The van der Waals surface area contributed by atoms with E-state index in [1.165, 1.54) is 4.68 Å². The minimum atomic E-state index is -0.776. The zero-order chi connectivity index (χ0) is 26.6. The summed E-state index contributed by atoms with van der Waals surface area (Å²) in [5.74, 6) is -1.17. The number of fused-ring (bicyclic) bond motifs is 1. The fraction of sp³-hybridized carbons (Fsp3) is 0.517. The number of carboxylic acid groups (broad SMARTS) is 1. The van der Waals surface area contributed by atoms with Gasteiger partial charge in [0, 0.05) is 38.0 Å². The van der Waals surface area contributed by atoms with Crippen LogP contribution in [-0.4, -0.2) is 63.7 Å². The molecule has 2 aromatic rings. The number of hydrogen-bond donors (Lipinski definition) is 2. The molecule has 2 fully saturated rings. The van der Waals surface area contributed by atoms with Crippen molar-refractivity contribution in [3.8, 4) is 0 Å². The van der Waals surface area contributed by atoms with Gasteiger partial charge in [-0.3, -0.25) is 14.4 Å². The van der Waals surface area contributed by atoms with Crippen molar-refractivity contribution in [1.29, 1.82) is 0 Å². The molecule has 4 aliphatic rings. The maximum Gasteiger partial charge on any atom is 0.306 e. The Kier molecular flexibility index (Phi) is 6.64. The topological polar surface area (TPSA) is 105 Å². The van der Waals surface area contributed by atoms with Gasteiger partial charge in [-0.2, -0.15) is 9.78 Å². The number of carbonyl (C=O) groups is 3. The lowest BCUT2D eigenvalue weighted by atomic mass is 9.82. The lowest BCUT2D eigenvalue weighted by Crippen LogP contribution is -2.58. The predicted molar refractivity (Wildman–Crippen MR) is 143 cm³/mol. The molecule has 0 spiro atoms. The van der Waals surface area contributed by atoms with E-state index in [1.54, 1.807) is 6.07 Å². The second kappa shape index (κ2) is 9.97. The Labute approximate surface area is 227 Å². The van der Waals surface area contributed by atoms with Crippen LogP contribution in [0.15, 0.2) is 24.3 Å². The van der Waals surface area contributed by atoms with Crippen LogP contribution in [0.25, 0.3) is 5.57 Å². The first-order valence-corrected chi connectivity index (χ1v) is 14.0. The molecule has 6 rings (SSSR count). The van der Waals surface area contributed by atoms with Crippen molar-refractivity contribution in [1.82, 2.24) is 20.0 Å². The molecule has 1 aromatic carbocycles. The largest absolute Gasteiger partial charge is 0.481 e. The third-order valence-electron chi connectivity index (χ3n) is 8.81. The number of hydrogen-bond acceptors (Lipinski definition) is 5. The summed E-state index contributed by atoms with van der Waals surface area (Å²) in [7, 11) is 1.87. The van der Waals surface area contributed by atoms with Gasteiger partial charge < -0.3 is 15.3 Å². The van der Waals surface area contributed by atoms with E-state index in [2.05, 4.69) is 5.32 Å². The number of carboxylic acids is 1. The van der Waals surface area contributed by atoms with Crippen LogP contribution < -0.4 is 5.32 Å². The molecule has 0 bridgehead atoms. The van der Waals surface area contributed by atoms with E-state index in [4.69, 9.17) is 16.7 Å². The van der Waals surface area contributed by atoms with Gasteiger partial charge in [0.25, 0.3) is 5.91 Å². The van der Waals surface area contributed by atoms with Crippen molar-refractivity contribution in [2.24, 2.45) is 11.8 Å².